The van der Waals surface area contributed by atoms with Crippen molar-refractivity contribution in [3.05, 3.63) is 12.3 Å². The first-order chi connectivity index (χ1) is 3.27. The van der Waals surface area contributed by atoms with E-state index < -0.39 is 0 Å². The molecule has 0 fully saturated rings. The van der Waals surface area contributed by atoms with Crippen LogP contribution in [0.2, 0.25) is 0 Å². The summed E-state index contributed by atoms with van der Waals surface area (Å²) < 4.78 is 0. The molecule has 0 aromatic carbocycles. The van der Waals surface area contributed by atoms with Crippen LogP contribution in [-0.2, 0) is 0 Å². The minimum Gasteiger partial charge on any atom is -0.405 e. The quantitative estimate of drug-likeness (QED) is 0.558. The summed E-state index contributed by atoms with van der Waals surface area (Å²) in [5, 5.41) is 0. The lowest BCUT2D eigenvalue weighted by Crippen LogP contribution is -1.83. The largest absolute Gasteiger partial charge is 0.405 e. The van der Waals surface area contributed by atoms with Gasteiger partial charge in [0.15, 0.2) is 0 Å². The van der Waals surface area contributed by atoms with Crippen molar-refractivity contribution in [2.24, 2.45) is 11.7 Å². The first-order valence-corrected chi connectivity index (χ1v) is 2.64. The van der Waals surface area contributed by atoms with E-state index in [9.17, 15) is 0 Å². The average Bonchev–Trinajstić information content (AvgIpc) is 1.61. The third-order valence-corrected chi connectivity index (χ3v) is 0.744. The highest BCUT2D eigenvalue weighted by atomic mass is 14.5. The lowest BCUT2D eigenvalue weighted by atomic mass is 10.1. The summed E-state index contributed by atoms with van der Waals surface area (Å²) in [6, 6.07) is 0. The summed E-state index contributed by atoms with van der Waals surface area (Å²) in [6.45, 7) is 4.33. The molecule has 0 aromatic rings. The minimum absolute atomic E-state index is 0.736. The normalized spacial score (nSPS) is 11.3. The SMILES string of the molecule is CC(C)C/C=C\N. The first-order valence-electron chi connectivity index (χ1n) is 2.64. The summed E-state index contributed by atoms with van der Waals surface area (Å²) in [4.78, 5) is 0. The molecule has 0 aromatic heterocycles. The van der Waals surface area contributed by atoms with Gasteiger partial charge in [-0.15, -0.1) is 0 Å². The maximum atomic E-state index is 5.10. The van der Waals surface area contributed by atoms with Crippen molar-refractivity contribution < 1.29 is 0 Å². The molecule has 0 bridgehead atoms. The summed E-state index contributed by atoms with van der Waals surface area (Å²) in [5.41, 5.74) is 5.10. The zero-order chi connectivity index (χ0) is 5.70. The van der Waals surface area contributed by atoms with E-state index >= 15 is 0 Å². The Kier molecular flexibility index (Phi) is 3.48. The van der Waals surface area contributed by atoms with Gasteiger partial charge >= 0.3 is 0 Å². The maximum absolute atomic E-state index is 5.10. The molecule has 0 aliphatic carbocycles. The molecule has 42 valence electrons. The molecular weight excluding hydrogens is 86.1 g/mol. The van der Waals surface area contributed by atoms with Crippen molar-refractivity contribution in [3.8, 4) is 0 Å². The summed E-state index contributed by atoms with van der Waals surface area (Å²) in [5.74, 6) is 0.736. The van der Waals surface area contributed by atoms with Gasteiger partial charge in [-0.3, -0.25) is 0 Å². The Morgan fingerprint density at radius 3 is 2.29 bits per heavy atom. The molecule has 0 unspecified atom stereocenters. The van der Waals surface area contributed by atoms with Gasteiger partial charge in [0.1, 0.15) is 0 Å². The van der Waals surface area contributed by atoms with Crippen molar-refractivity contribution >= 4 is 0 Å². The molecule has 0 spiro atoms. The van der Waals surface area contributed by atoms with E-state index in [-0.39, 0.29) is 0 Å². The summed E-state index contributed by atoms with van der Waals surface area (Å²) in [6.07, 6.45) is 4.67. The van der Waals surface area contributed by atoms with Crippen molar-refractivity contribution in [3.63, 3.8) is 0 Å². The highest BCUT2D eigenvalue weighted by Crippen LogP contribution is 1.97. The number of hydrogen-bond donors (Lipinski definition) is 1. The van der Waals surface area contributed by atoms with Gasteiger partial charge in [-0.05, 0) is 18.5 Å². The Morgan fingerprint density at radius 1 is 1.57 bits per heavy atom. The van der Waals surface area contributed by atoms with E-state index in [0.29, 0.717) is 0 Å². The second kappa shape index (κ2) is 3.72. The van der Waals surface area contributed by atoms with Gasteiger partial charge < -0.3 is 5.73 Å². The molecule has 0 radical (unpaired) electrons. The number of rotatable bonds is 2. The van der Waals surface area contributed by atoms with Gasteiger partial charge in [0.25, 0.3) is 0 Å². The van der Waals surface area contributed by atoms with Gasteiger partial charge in [-0.25, -0.2) is 0 Å². The Hall–Kier alpha value is -0.460. The zero-order valence-corrected chi connectivity index (χ0v) is 5.02. The van der Waals surface area contributed by atoms with Crippen LogP contribution in [0.3, 0.4) is 0 Å². The molecule has 0 heterocycles. The Labute approximate surface area is 45.2 Å². The van der Waals surface area contributed by atoms with Gasteiger partial charge in [0, 0.05) is 0 Å². The van der Waals surface area contributed by atoms with Gasteiger partial charge in [-0.1, -0.05) is 19.9 Å². The van der Waals surface area contributed by atoms with E-state index in [1.165, 1.54) is 0 Å². The fourth-order valence-corrected chi connectivity index (χ4v) is 0.351. The van der Waals surface area contributed by atoms with Crippen molar-refractivity contribution in [2.75, 3.05) is 0 Å². The van der Waals surface area contributed by atoms with Gasteiger partial charge in [0.2, 0.25) is 0 Å². The predicted octanol–water partition coefficient (Wildman–Crippen LogP) is 1.50. The second-order valence-corrected chi connectivity index (χ2v) is 2.06. The van der Waals surface area contributed by atoms with Crippen LogP contribution in [0.1, 0.15) is 20.3 Å². The van der Waals surface area contributed by atoms with Crippen LogP contribution >= 0.6 is 0 Å². The van der Waals surface area contributed by atoms with E-state index in [0.717, 1.165) is 12.3 Å². The van der Waals surface area contributed by atoms with Crippen molar-refractivity contribution in [2.45, 2.75) is 20.3 Å². The molecule has 0 rings (SSSR count). The smallest absolute Gasteiger partial charge is 0.0103 e. The molecule has 0 aliphatic heterocycles. The molecule has 0 saturated carbocycles. The van der Waals surface area contributed by atoms with E-state index in [1.807, 2.05) is 6.08 Å². The van der Waals surface area contributed by atoms with Crippen LogP contribution in [0.5, 0.6) is 0 Å². The Balaban J connectivity index is 2.97. The Morgan fingerprint density at radius 2 is 2.14 bits per heavy atom. The Bertz CT molecular complexity index is 55.2. The fraction of sp³-hybridized carbons (Fsp3) is 0.667. The zero-order valence-electron chi connectivity index (χ0n) is 5.02. The average molecular weight is 99.2 g/mol. The monoisotopic (exact) mass is 99.1 g/mol. The minimum atomic E-state index is 0.736. The molecule has 0 atom stereocenters. The molecule has 1 heteroatoms. The van der Waals surface area contributed by atoms with Crippen LogP contribution < -0.4 is 5.73 Å². The number of hydrogen-bond acceptors (Lipinski definition) is 1. The van der Waals surface area contributed by atoms with Gasteiger partial charge in [0.05, 0.1) is 0 Å². The first kappa shape index (κ1) is 6.54. The summed E-state index contributed by atoms with van der Waals surface area (Å²) in [7, 11) is 0. The lowest BCUT2D eigenvalue weighted by Gasteiger charge is -1.93. The summed E-state index contributed by atoms with van der Waals surface area (Å²) >= 11 is 0. The van der Waals surface area contributed by atoms with Crippen molar-refractivity contribution in [1.82, 2.24) is 0 Å². The maximum Gasteiger partial charge on any atom is -0.0103 e. The molecule has 0 aliphatic rings. The van der Waals surface area contributed by atoms with Crippen LogP contribution in [-0.4, -0.2) is 0 Å². The molecule has 7 heavy (non-hydrogen) atoms. The highest BCUT2D eigenvalue weighted by molar-refractivity contribution is 4.76. The predicted molar refractivity (Wildman–Crippen MR) is 32.8 cm³/mol. The lowest BCUT2D eigenvalue weighted by molar-refractivity contribution is 0.663. The van der Waals surface area contributed by atoms with E-state index in [2.05, 4.69) is 13.8 Å². The van der Waals surface area contributed by atoms with Crippen LogP contribution in [0, 0.1) is 5.92 Å². The molecule has 2 N–H and O–H groups in total. The van der Waals surface area contributed by atoms with Crippen LogP contribution in [0.4, 0.5) is 0 Å². The van der Waals surface area contributed by atoms with Crippen LogP contribution in [0.25, 0.3) is 0 Å². The third-order valence-electron chi connectivity index (χ3n) is 0.744. The standard InChI is InChI=1S/C6H13N/c1-6(2)4-3-5-7/h3,5-6H,4,7H2,1-2H3/b5-3-. The number of allylic oxidation sites excluding steroid dienone is 1. The highest BCUT2D eigenvalue weighted by Gasteiger charge is 1.84. The molecule has 0 saturated heterocycles. The molecular formula is C6H13N. The topological polar surface area (TPSA) is 26.0 Å². The third kappa shape index (κ3) is 5.54. The van der Waals surface area contributed by atoms with Crippen molar-refractivity contribution in [1.29, 1.82) is 0 Å². The number of nitrogens with two attached hydrogens (primary N) is 1. The van der Waals surface area contributed by atoms with E-state index in [4.69, 9.17) is 5.73 Å². The fourth-order valence-electron chi connectivity index (χ4n) is 0.351. The van der Waals surface area contributed by atoms with Gasteiger partial charge in [-0.2, -0.15) is 0 Å². The molecule has 0 amide bonds. The molecule has 1 nitrogen and oxygen atoms in total. The van der Waals surface area contributed by atoms with Crippen LogP contribution in [0.15, 0.2) is 12.3 Å². The second-order valence-electron chi connectivity index (χ2n) is 2.06. The van der Waals surface area contributed by atoms with E-state index in [1.54, 1.807) is 6.20 Å².